The van der Waals surface area contributed by atoms with Crippen LogP contribution in [0.4, 0.5) is 0 Å². The Morgan fingerprint density at radius 1 is 1.33 bits per heavy atom. The van der Waals surface area contributed by atoms with Crippen molar-refractivity contribution in [2.24, 2.45) is 5.92 Å². The van der Waals surface area contributed by atoms with Gasteiger partial charge in [-0.1, -0.05) is 18.9 Å². The van der Waals surface area contributed by atoms with Gasteiger partial charge in [0.15, 0.2) is 5.54 Å². The molecule has 2 heterocycles. The number of hydrogen-bond donors (Lipinski definition) is 2. The van der Waals surface area contributed by atoms with Crippen molar-refractivity contribution in [3.05, 3.63) is 28.8 Å². The van der Waals surface area contributed by atoms with E-state index in [9.17, 15) is 14.6 Å². The van der Waals surface area contributed by atoms with Crippen molar-refractivity contribution in [1.82, 2.24) is 5.32 Å². The number of carbonyl (C=O) groups excluding carboxylic acids is 2. The second kappa shape index (κ2) is 7.26. The third-order valence-electron chi connectivity index (χ3n) is 5.86. The predicted molar refractivity (Wildman–Crippen MR) is 97.5 cm³/mol. The van der Waals surface area contributed by atoms with Gasteiger partial charge in [0.1, 0.15) is 0 Å². The lowest BCUT2D eigenvalue weighted by Gasteiger charge is -2.39. The highest BCUT2D eigenvalue weighted by atomic mass is 16.6. The molecule has 0 aromatic heterocycles. The number of fused-ring (bicyclic) bond motifs is 1. The van der Waals surface area contributed by atoms with Gasteiger partial charge in [0, 0.05) is 5.56 Å². The minimum atomic E-state index is -1.13. The predicted octanol–water partition coefficient (Wildman–Crippen LogP) is 0.445. The first-order valence-electron chi connectivity index (χ1n) is 9.50. The maximum atomic E-state index is 12.8. The molecule has 1 aromatic carbocycles. The smallest absolute Gasteiger partial charge is 0.464 e. The molecule has 8 heteroatoms. The molecular weight excluding hydrogens is 349 g/mol. The lowest BCUT2D eigenvalue weighted by atomic mass is 9.75. The Balaban J connectivity index is 1.46. The molecule has 0 radical (unpaired) electrons. The van der Waals surface area contributed by atoms with Gasteiger partial charge in [-0.05, 0) is 48.3 Å². The SMILES string of the molecule is Cc1c(C(=O)NC2(C(=O)OCC3CCCC3)COC2)ccc2c1B(O)OC2. The average Bonchev–Trinajstić information content (AvgIpc) is 3.26. The number of carbonyl (C=O) groups is 2. The Kier molecular flexibility index (Phi) is 4.96. The molecule has 2 fully saturated rings. The summed E-state index contributed by atoms with van der Waals surface area (Å²) < 4.78 is 15.9. The van der Waals surface area contributed by atoms with E-state index in [0.29, 0.717) is 35.7 Å². The quantitative estimate of drug-likeness (QED) is 0.575. The van der Waals surface area contributed by atoms with E-state index in [-0.39, 0.29) is 19.1 Å². The van der Waals surface area contributed by atoms with Crippen molar-refractivity contribution in [1.29, 1.82) is 0 Å². The highest BCUT2D eigenvalue weighted by Gasteiger charge is 2.49. The van der Waals surface area contributed by atoms with Crippen LogP contribution in [0.1, 0.15) is 47.2 Å². The van der Waals surface area contributed by atoms with Crippen LogP contribution in [0.3, 0.4) is 0 Å². The summed E-state index contributed by atoms with van der Waals surface area (Å²) in [5.41, 5.74) is 1.44. The fourth-order valence-corrected chi connectivity index (χ4v) is 4.09. The van der Waals surface area contributed by atoms with E-state index in [2.05, 4.69) is 5.32 Å². The van der Waals surface area contributed by atoms with Crippen LogP contribution in [0.15, 0.2) is 12.1 Å². The Morgan fingerprint density at radius 2 is 2.07 bits per heavy atom. The number of rotatable bonds is 5. The topological polar surface area (TPSA) is 94.1 Å². The fourth-order valence-electron chi connectivity index (χ4n) is 4.09. The summed E-state index contributed by atoms with van der Waals surface area (Å²) >= 11 is 0. The first-order chi connectivity index (χ1) is 13.0. The normalized spacial score (nSPS) is 20.9. The summed E-state index contributed by atoms with van der Waals surface area (Å²) in [5, 5.41) is 12.8. The molecule has 7 nitrogen and oxygen atoms in total. The van der Waals surface area contributed by atoms with E-state index in [1.54, 1.807) is 19.1 Å². The second-order valence-corrected chi connectivity index (χ2v) is 7.75. The van der Waals surface area contributed by atoms with E-state index in [1.807, 2.05) is 0 Å². The molecule has 1 saturated carbocycles. The number of nitrogens with one attached hydrogen (secondary N) is 1. The summed E-state index contributed by atoms with van der Waals surface area (Å²) in [6.45, 7) is 2.71. The maximum Gasteiger partial charge on any atom is 0.492 e. The van der Waals surface area contributed by atoms with Crippen LogP contribution >= 0.6 is 0 Å². The summed E-state index contributed by atoms with van der Waals surface area (Å²) in [5.74, 6) is -0.394. The first-order valence-corrected chi connectivity index (χ1v) is 9.50. The van der Waals surface area contributed by atoms with Gasteiger partial charge in [0.05, 0.1) is 26.4 Å². The van der Waals surface area contributed by atoms with Gasteiger partial charge in [-0.15, -0.1) is 0 Å². The number of benzene rings is 1. The standard InChI is InChI=1S/C19H24BNO6/c1-12-15(7-6-14-9-27-20(24)16(12)14)17(22)21-19(10-25-11-19)18(23)26-8-13-4-2-3-5-13/h6-7,13,24H,2-5,8-11H2,1H3,(H,21,22). The molecule has 1 aliphatic carbocycles. The van der Waals surface area contributed by atoms with Crippen molar-refractivity contribution < 1.29 is 28.7 Å². The highest BCUT2D eigenvalue weighted by Crippen LogP contribution is 2.27. The van der Waals surface area contributed by atoms with Crippen LogP contribution in [0.25, 0.3) is 0 Å². The molecular formula is C19H24BNO6. The van der Waals surface area contributed by atoms with Gasteiger partial charge in [-0.2, -0.15) is 0 Å². The molecule has 0 bridgehead atoms. The van der Waals surface area contributed by atoms with E-state index >= 15 is 0 Å². The van der Waals surface area contributed by atoms with Gasteiger partial charge in [-0.25, -0.2) is 4.79 Å². The van der Waals surface area contributed by atoms with Gasteiger partial charge in [-0.3, -0.25) is 4.79 Å². The Labute approximate surface area is 158 Å². The van der Waals surface area contributed by atoms with Crippen LogP contribution in [0.2, 0.25) is 0 Å². The molecule has 1 amide bonds. The Hall–Kier alpha value is -1.90. The van der Waals surface area contributed by atoms with E-state index in [4.69, 9.17) is 14.1 Å². The number of hydrogen-bond acceptors (Lipinski definition) is 6. The zero-order chi connectivity index (χ0) is 19.0. The molecule has 1 saturated heterocycles. The van der Waals surface area contributed by atoms with E-state index in [1.165, 1.54) is 12.8 Å². The molecule has 4 rings (SSSR count). The van der Waals surface area contributed by atoms with Crippen molar-refractivity contribution in [2.45, 2.75) is 44.8 Å². The molecule has 0 atom stereocenters. The fraction of sp³-hybridized carbons (Fsp3) is 0.579. The minimum absolute atomic E-state index is 0.109. The first kappa shape index (κ1) is 18.5. The molecule has 3 aliphatic rings. The van der Waals surface area contributed by atoms with Crippen molar-refractivity contribution >= 4 is 24.5 Å². The Bertz CT molecular complexity index is 757. The van der Waals surface area contributed by atoms with Gasteiger partial charge in [0.25, 0.3) is 5.91 Å². The molecule has 1 aromatic rings. The molecule has 0 spiro atoms. The van der Waals surface area contributed by atoms with Crippen LogP contribution in [-0.2, 0) is 25.5 Å². The number of ether oxygens (including phenoxy) is 2. The van der Waals surface area contributed by atoms with Crippen LogP contribution in [-0.4, -0.2) is 49.4 Å². The second-order valence-electron chi connectivity index (χ2n) is 7.75. The average molecular weight is 373 g/mol. The Morgan fingerprint density at radius 3 is 2.74 bits per heavy atom. The zero-order valence-corrected chi connectivity index (χ0v) is 15.5. The van der Waals surface area contributed by atoms with E-state index < -0.39 is 18.6 Å². The van der Waals surface area contributed by atoms with Crippen LogP contribution in [0.5, 0.6) is 0 Å². The van der Waals surface area contributed by atoms with Crippen molar-refractivity contribution in [2.75, 3.05) is 19.8 Å². The summed E-state index contributed by atoms with van der Waals surface area (Å²) in [6.07, 6.45) is 4.53. The van der Waals surface area contributed by atoms with Crippen LogP contribution in [0, 0.1) is 12.8 Å². The third-order valence-corrected chi connectivity index (χ3v) is 5.86. The lowest BCUT2D eigenvalue weighted by Crippen LogP contribution is -2.67. The molecule has 144 valence electrons. The molecule has 27 heavy (non-hydrogen) atoms. The molecule has 0 unspecified atom stereocenters. The van der Waals surface area contributed by atoms with Gasteiger partial charge < -0.3 is 24.5 Å². The summed E-state index contributed by atoms with van der Waals surface area (Å²) in [6, 6.07) is 3.47. The summed E-state index contributed by atoms with van der Waals surface area (Å²) in [7, 11) is -1.02. The monoisotopic (exact) mass is 373 g/mol. The van der Waals surface area contributed by atoms with Crippen LogP contribution < -0.4 is 10.8 Å². The molecule has 2 N–H and O–H groups in total. The maximum absolute atomic E-state index is 12.8. The van der Waals surface area contributed by atoms with Gasteiger partial charge >= 0.3 is 13.1 Å². The largest absolute Gasteiger partial charge is 0.492 e. The highest BCUT2D eigenvalue weighted by molar-refractivity contribution is 6.62. The molecule has 2 aliphatic heterocycles. The van der Waals surface area contributed by atoms with E-state index in [0.717, 1.165) is 18.4 Å². The number of amides is 1. The minimum Gasteiger partial charge on any atom is -0.464 e. The van der Waals surface area contributed by atoms with Gasteiger partial charge in [0.2, 0.25) is 0 Å². The summed E-state index contributed by atoms with van der Waals surface area (Å²) in [4.78, 5) is 25.5. The zero-order valence-electron chi connectivity index (χ0n) is 15.5. The van der Waals surface area contributed by atoms with Crippen molar-refractivity contribution in [3.8, 4) is 0 Å². The lowest BCUT2D eigenvalue weighted by molar-refractivity contribution is -0.172. The third kappa shape index (κ3) is 3.37. The number of esters is 1. The van der Waals surface area contributed by atoms with Crippen molar-refractivity contribution in [3.63, 3.8) is 0 Å².